The Morgan fingerprint density at radius 3 is 2.31 bits per heavy atom. The average molecular weight is 502 g/mol. The number of ether oxygens (including phenoxy) is 2. The molecule has 0 saturated carbocycles. The molecule has 190 valence electrons. The summed E-state index contributed by atoms with van der Waals surface area (Å²) in [5, 5.41) is 0. The van der Waals surface area contributed by atoms with Crippen molar-refractivity contribution in [2.75, 3.05) is 74.3 Å². The fourth-order valence-electron chi connectivity index (χ4n) is 4.31. The van der Waals surface area contributed by atoms with Gasteiger partial charge in [-0.15, -0.1) is 0 Å². The van der Waals surface area contributed by atoms with Gasteiger partial charge >= 0.3 is 6.18 Å². The fourth-order valence-corrected chi connectivity index (χ4v) is 4.31. The van der Waals surface area contributed by atoms with E-state index in [0.717, 1.165) is 11.6 Å². The number of piperazine rings is 1. The summed E-state index contributed by atoms with van der Waals surface area (Å²) < 4.78 is 51.1. The number of hydrogen-bond acceptors (Lipinski definition) is 9. The van der Waals surface area contributed by atoms with Gasteiger partial charge in [0.2, 0.25) is 11.8 Å². The smallest absolute Gasteiger partial charge is 0.419 e. The third-order valence-electron chi connectivity index (χ3n) is 6.23. The molecule has 0 radical (unpaired) electrons. The van der Waals surface area contributed by atoms with Crippen LogP contribution in [0.1, 0.15) is 5.56 Å². The molecular formula is C24H26F3N7O2. The molecular weight excluding hydrogens is 475 g/mol. The highest BCUT2D eigenvalue weighted by Gasteiger charge is 2.36. The third kappa shape index (κ3) is 5.13. The molecule has 2 saturated heterocycles. The summed E-state index contributed by atoms with van der Waals surface area (Å²) in [4.78, 5) is 23.8. The largest absolute Gasteiger partial charge is 0.481 e. The predicted molar refractivity (Wildman–Crippen MR) is 129 cm³/mol. The minimum atomic E-state index is -4.46. The summed E-state index contributed by atoms with van der Waals surface area (Å²) in [6, 6.07) is 7.94. The number of aromatic nitrogens is 4. The van der Waals surface area contributed by atoms with Crippen LogP contribution >= 0.6 is 0 Å². The maximum absolute atomic E-state index is 13.5. The Morgan fingerprint density at radius 2 is 1.64 bits per heavy atom. The van der Waals surface area contributed by atoms with Gasteiger partial charge in [0.05, 0.1) is 31.6 Å². The first-order valence-electron chi connectivity index (χ1n) is 11.7. The molecule has 36 heavy (non-hydrogen) atoms. The van der Waals surface area contributed by atoms with Crippen molar-refractivity contribution in [1.82, 2.24) is 19.9 Å². The maximum atomic E-state index is 13.5. The normalized spacial score (nSPS) is 16.8. The standard InChI is InChI=1S/C24H26F3N7O2/c1-35-21-5-4-17(16-29-21)19-15-20(31-23(30-19)34-11-13-36-14-12-34)32-7-9-33(10-8-32)22-18(24(25,26)27)3-2-6-28-22/h2-6,15-16H,7-14H2,1H3. The molecule has 3 aromatic rings. The van der Waals surface area contributed by atoms with Crippen molar-refractivity contribution < 1.29 is 22.6 Å². The van der Waals surface area contributed by atoms with Crippen LogP contribution in [0.4, 0.5) is 30.8 Å². The number of alkyl halides is 3. The summed E-state index contributed by atoms with van der Waals surface area (Å²) in [6.45, 7) is 4.30. The molecule has 0 amide bonds. The Kier molecular flexibility index (Phi) is 6.77. The molecule has 2 fully saturated rings. The van der Waals surface area contributed by atoms with E-state index in [1.807, 2.05) is 12.1 Å². The Hall–Kier alpha value is -3.67. The van der Waals surface area contributed by atoms with Crippen LogP contribution in [0.3, 0.4) is 0 Å². The number of methoxy groups -OCH3 is 1. The molecule has 0 unspecified atom stereocenters. The van der Waals surface area contributed by atoms with E-state index in [2.05, 4.69) is 19.8 Å². The molecule has 0 aromatic carbocycles. The maximum Gasteiger partial charge on any atom is 0.419 e. The Morgan fingerprint density at radius 1 is 0.889 bits per heavy atom. The molecule has 2 aliphatic rings. The fraction of sp³-hybridized carbons (Fsp3) is 0.417. The van der Waals surface area contributed by atoms with Crippen molar-refractivity contribution in [1.29, 1.82) is 0 Å². The van der Waals surface area contributed by atoms with Crippen LogP contribution in [0.2, 0.25) is 0 Å². The zero-order valence-corrected chi connectivity index (χ0v) is 19.8. The second-order valence-corrected chi connectivity index (χ2v) is 8.45. The monoisotopic (exact) mass is 501 g/mol. The minimum Gasteiger partial charge on any atom is -0.481 e. The van der Waals surface area contributed by atoms with Gasteiger partial charge in [-0.3, -0.25) is 0 Å². The van der Waals surface area contributed by atoms with Crippen LogP contribution in [0.5, 0.6) is 5.88 Å². The van der Waals surface area contributed by atoms with Crippen LogP contribution in [0, 0.1) is 0 Å². The molecule has 0 N–H and O–H groups in total. The number of anilines is 3. The first-order chi connectivity index (χ1) is 17.4. The lowest BCUT2D eigenvalue weighted by atomic mass is 10.2. The van der Waals surface area contributed by atoms with E-state index < -0.39 is 11.7 Å². The summed E-state index contributed by atoms with van der Waals surface area (Å²) >= 11 is 0. The lowest BCUT2D eigenvalue weighted by Gasteiger charge is -2.37. The van der Waals surface area contributed by atoms with Gasteiger partial charge in [-0.05, 0) is 18.2 Å². The highest BCUT2D eigenvalue weighted by molar-refractivity contribution is 5.65. The second-order valence-electron chi connectivity index (χ2n) is 8.45. The van der Waals surface area contributed by atoms with Gasteiger partial charge in [0.1, 0.15) is 11.6 Å². The summed E-state index contributed by atoms with van der Waals surface area (Å²) in [5.74, 6) is 1.78. The van der Waals surface area contributed by atoms with Crippen molar-refractivity contribution in [3.63, 3.8) is 0 Å². The molecule has 3 aromatic heterocycles. The third-order valence-corrected chi connectivity index (χ3v) is 6.23. The molecule has 12 heteroatoms. The van der Waals surface area contributed by atoms with Gasteiger partial charge in [0.15, 0.2) is 0 Å². The number of nitrogens with zero attached hydrogens (tertiary/aromatic N) is 7. The Bertz CT molecular complexity index is 1180. The molecule has 0 aliphatic carbocycles. The van der Waals surface area contributed by atoms with Gasteiger partial charge in [-0.25, -0.2) is 15.0 Å². The molecule has 0 atom stereocenters. The zero-order chi connectivity index (χ0) is 25.1. The molecule has 5 rings (SSSR count). The summed E-state index contributed by atoms with van der Waals surface area (Å²) in [6.07, 6.45) is -1.36. The molecule has 2 aliphatic heterocycles. The van der Waals surface area contributed by atoms with Crippen LogP contribution < -0.4 is 19.4 Å². The van der Waals surface area contributed by atoms with Crippen LogP contribution in [0.15, 0.2) is 42.7 Å². The van der Waals surface area contributed by atoms with Gasteiger partial charge in [-0.1, -0.05) is 0 Å². The number of morpholine rings is 1. The zero-order valence-electron chi connectivity index (χ0n) is 19.8. The predicted octanol–water partition coefficient (Wildman–Crippen LogP) is 3.12. The topological polar surface area (TPSA) is 79.7 Å². The van der Waals surface area contributed by atoms with Crippen molar-refractivity contribution in [2.24, 2.45) is 0 Å². The van der Waals surface area contributed by atoms with Gasteiger partial charge < -0.3 is 24.2 Å². The van der Waals surface area contributed by atoms with Gasteiger partial charge in [0, 0.05) is 69.4 Å². The lowest BCUT2D eigenvalue weighted by molar-refractivity contribution is -0.137. The van der Waals surface area contributed by atoms with E-state index in [-0.39, 0.29) is 5.82 Å². The Balaban J connectivity index is 1.41. The van der Waals surface area contributed by atoms with Crippen LogP contribution in [-0.2, 0) is 10.9 Å². The first-order valence-corrected chi connectivity index (χ1v) is 11.7. The second kappa shape index (κ2) is 10.1. The SMILES string of the molecule is COc1ccc(-c2cc(N3CCN(c4ncccc4C(F)(F)F)CC3)nc(N3CCOCC3)n2)cn1. The van der Waals surface area contributed by atoms with E-state index in [9.17, 15) is 13.2 Å². The van der Waals surface area contributed by atoms with E-state index in [1.165, 1.54) is 12.3 Å². The first kappa shape index (κ1) is 24.0. The number of halogens is 3. The highest BCUT2D eigenvalue weighted by atomic mass is 19.4. The molecule has 5 heterocycles. The number of pyridine rings is 2. The Labute approximate surface area is 206 Å². The minimum absolute atomic E-state index is 0.0358. The van der Waals surface area contributed by atoms with E-state index >= 15 is 0 Å². The summed E-state index contributed by atoms with van der Waals surface area (Å²) in [7, 11) is 1.56. The molecule has 0 spiro atoms. The van der Waals surface area contributed by atoms with Crippen molar-refractivity contribution >= 4 is 17.6 Å². The van der Waals surface area contributed by atoms with Crippen LogP contribution in [-0.4, -0.2) is 79.5 Å². The highest BCUT2D eigenvalue weighted by Crippen LogP contribution is 2.36. The number of rotatable bonds is 5. The average Bonchev–Trinajstić information content (AvgIpc) is 2.93. The van der Waals surface area contributed by atoms with Crippen molar-refractivity contribution in [3.8, 4) is 17.1 Å². The van der Waals surface area contributed by atoms with Crippen LogP contribution in [0.25, 0.3) is 11.3 Å². The van der Waals surface area contributed by atoms with E-state index in [4.69, 9.17) is 19.4 Å². The van der Waals surface area contributed by atoms with E-state index in [1.54, 1.807) is 24.3 Å². The van der Waals surface area contributed by atoms with Gasteiger partial charge in [0.25, 0.3) is 0 Å². The molecule has 9 nitrogen and oxygen atoms in total. The van der Waals surface area contributed by atoms with E-state index in [0.29, 0.717) is 75.8 Å². The van der Waals surface area contributed by atoms with Crippen molar-refractivity contribution in [3.05, 3.63) is 48.3 Å². The lowest BCUT2D eigenvalue weighted by Crippen LogP contribution is -2.48. The molecule has 0 bridgehead atoms. The van der Waals surface area contributed by atoms with Crippen molar-refractivity contribution in [2.45, 2.75) is 6.18 Å². The van der Waals surface area contributed by atoms with Gasteiger partial charge in [-0.2, -0.15) is 18.2 Å². The quantitative estimate of drug-likeness (QED) is 0.524. The summed E-state index contributed by atoms with van der Waals surface area (Å²) in [5.41, 5.74) is 0.809. The number of hydrogen-bond donors (Lipinski definition) is 0.